The highest BCUT2D eigenvalue weighted by Crippen LogP contribution is 2.04. The van der Waals surface area contributed by atoms with Crippen molar-refractivity contribution in [3.8, 4) is 0 Å². The highest BCUT2D eigenvalue weighted by molar-refractivity contribution is 5.91. The fraction of sp³-hybridized carbons (Fsp3) is 0.375. The molecule has 0 aliphatic rings. The summed E-state index contributed by atoms with van der Waals surface area (Å²) >= 11 is 0. The van der Waals surface area contributed by atoms with Gasteiger partial charge in [-0.25, -0.2) is 0 Å². The first-order valence-corrected chi connectivity index (χ1v) is 7.60. The van der Waals surface area contributed by atoms with Crippen molar-refractivity contribution in [1.29, 1.82) is 0 Å². The smallest absolute Gasteiger partial charge is 0.322 e. The Morgan fingerprint density at radius 2 is 1.64 bits per heavy atom. The number of rotatable bonds is 10. The van der Waals surface area contributed by atoms with E-state index in [1.165, 1.54) is 0 Å². The lowest BCUT2D eigenvalue weighted by Crippen LogP contribution is -2.52. The van der Waals surface area contributed by atoms with Gasteiger partial charge in [0, 0.05) is 6.42 Å². The van der Waals surface area contributed by atoms with E-state index in [1.807, 2.05) is 6.07 Å². The molecule has 0 aliphatic heterocycles. The van der Waals surface area contributed by atoms with Crippen LogP contribution in [0.4, 0.5) is 0 Å². The molecule has 0 unspecified atom stereocenters. The third-order valence-corrected chi connectivity index (χ3v) is 3.33. The molecule has 136 valence electrons. The Morgan fingerprint density at radius 3 is 2.20 bits per heavy atom. The summed E-state index contributed by atoms with van der Waals surface area (Å²) in [6.45, 7) is -0.631. The number of carbonyl (C=O) groups is 4. The molecule has 0 saturated carbocycles. The minimum atomic E-state index is -1.25. The number of hydrogen-bond acceptors (Lipinski definition) is 5. The zero-order chi connectivity index (χ0) is 18.8. The van der Waals surface area contributed by atoms with E-state index in [4.69, 9.17) is 15.9 Å². The number of carbonyl (C=O) groups excluding carboxylic acids is 2. The molecule has 0 radical (unpaired) electrons. The van der Waals surface area contributed by atoms with Gasteiger partial charge in [0.1, 0.15) is 12.6 Å². The van der Waals surface area contributed by atoms with Crippen LogP contribution >= 0.6 is 0 Å². The molecule has 1 aromatic rings. The lowest BCUT2D eigenvalue weighted by Gasteiger charge is -2.20. The van der Waals surface area contributed by atoms with Gasteiger partial charge in [0.05, 0.1) is 6.04 Å². The molecule has 1 aromatic carbocycles. The van der Waals surface area contributed by atoms with Gasteiger partial charge < -0.3 is 26.6 Å². The molecular formula is C16H21N3O6. The zero-order valence-electron chi connectivity index (χ0n) is 13.5. The summed E-state index contributed by atoms with van der Waals surface area (Å²) in [5.74, 6) is -3.79. The molecule has 0 spiro atoms. The molecular weight excluding hydrogens is 330 g/mol. The Labute approximate surface area is 144 Å². The van der Waals surface area contributed by atoms with Crippen molar-refractivity contribution in [3.63, 3.8) is 0 Å². The molecule has 6 N–H and O–H groups in total. The Hall–Kier alpha value is -2.94. The SMILES string of the molecule is N[C@@H](Cc1ccccc1)C(=O)N[C@@H](CCC(=O)O)C(=O)NCC(=O)O. The number of carboxylic acid groups (broad SMARTS) is 2. The predicted octanol–water partition coefficient (Wildman–Crippen LogP) is -0.893. The first kappa shape index (κ1) is 20.1. The number of nitrogens with one attached hydrogen (secondary N) is 2. The Morgan fingerprint density at radius 1 is 1.00 bits per heavy atom. The van der Waals surface area contributed by atoms with Gasteiger partial charge in [0.25, 0.3) is 0 Å². The third-order valence-electron chi connectivity index (χ3n) is 3.33. The molecule has 0 saturated heterocycles. The summed E-state index contributed by atoms with van der Waals surface area (Å²) in [5.41, 5.74) is 6.66. The second-order valence-corrected chi connectivity index (χ2v) is 5.40. The molecule has 9 nitrogen and oxygen atoms in total. The van der Waals surface area contributed by atoms with Crippen LogP contribution in [0.2, 0.25) is 0 Å². The van der Waals surface area contributed by atoms with Gasteiger partial charge in [0.15, 0.2) is 0 Å². The summed E-state index contributed by atoms with van der Waals surface area (Å²) in [6, 6.07) is 6.92. The molecule has 2 amide bonds. The van der Waals surface area contributed by atoms with Gasteiger partial charge in [-0.1, -0.05) is 30.3 Å². The quantitative estimate of drug-likeness (QED) is 0.365. The van der Waals surface area contributed by atoms with Crippen LogP contribution in [0, 0.1) is 0 Å². The number of hydrogen-bond donors (Lipinski definition) is 5. The van der Waals surface area contributed by atoms with Gasteiger partial charge in [0.2, 0.25) is 11.8 Å². The first-order chi connectivity index (χ1) is 11.8. The van der Waals surface area contributed by atoms with Gasteiger partial charge in [-0.15, -0.1) is 0 Å². The van der Waals surface area contributed by atoms with Gasteiger partial charge in [-0.05, 0) is 18.4 Å². The fourth-order valence-electron chi connectivity index (χ4n) is 2.06. The predicted molar refractivity (Wildman–Crippen MR) is 87.6 cm³/mol. The van der Waals surface area contributed by atoms with Crippen LogP contribution in [0.25, 0.3) is 0 Å². The maximum absolute atomic E-state index is 12.2. The van der Waals surface area contributed by atoms with Gasteiger partial charge in [-0.3, -0.25) is 19.2 Å². The Kier molecular flexibility index (Phi) is 8.07. The van der Waals surface area contributed by atoms with E-state index in [2.05, 4.69) is 10.6 Å². The number of nitrogens with two attached hydrogens (primary N) is 1. The van der Waals surface area contributed by atoms with E-state index in [0.717, 1.165) is 5.56 Å². The number of amides is 2. The van der Waals surface area contributed by atoms with Gasteiger partial charge in [-0.2, -0.15) is 0 Å². The van der Waals surface area contributed by atoms with Crippen molar-refractivity contribution in [3.05, 3.63) is 35.9 Å². The molecule has 0 bridgehead atoms. The highest BCUT2D eigenvalue weighted by Gasteiger charge is 2.24. The fourth-order valence-corrected chi connectivity index (χ4v) is 2.06. The van der Waals surface area contributed by atoms with Crippen LogP contribution in [-0.2, 0) is 25.6 Å². The number of carboxylic acids is 2. The average molecular weight is 351 g/mol. The maximum Gasteiger partial charge on any atom is 0.322 e. The molecule has 0 heterocycles. The normalized spacial score (nSPS) is 12.7. The maximum atomic E-state index is 12.2. The monoisotopic (exact) mass is 351 g/mol. The Bertz CT molecular complexity index is 620. The largest absolute Gasteiger partial charge is 0.481 e. The standard InChI is InChI=1S/C16H21N3O6/c17-11(8-10-4-2-1-3-5-10)15(24)19-12(6-7-13(20)21)16(25)18-9-14(22)23/h1-5,11-12H,6-9,17H2,(H,18,25)(H,19,24)(H,20,21)(H,22,23)/t11-,12-/m0/s1. The van der Waals surface area contributed by atoms with Crippen molar-refractivity contribution in [2.24, 2.45) is 5.73 Å². The van der Waals surface area contributed by atoms with Crippen LogP contribution in [0.15, 0.2) is 30.3 Å². The van der Waals surface area contributed by atoms with Crippen molar-refractivity contribution >= 4 is 23.8 Å². The second-order valence-electron chi connectivity index (χ2n) is 5.40. The van der Waals surface area contributed by atoms with Crippen molar-refractivity contribution in [2.45, 2.75) is 31.3 Å². The van der Waals surface area contributed by atoms with Crippen LogP contribution < -0.4 is 16.4 Å². The molecule has 0 aromatic heterocycles. The Balaban J connectivity index is 2.67. The van der Waals surface area contributed by atoms with Crippen LogP contribution in [0.3, 0.4) is 0 Å². The molecule has 9 heteroatoms. The molecule has 1 rings (SSSR count). The molecule has 2 atom stereocenters. The number of aliphatic carboxylic acids is 2. The molecule has 0 aliphatic carbocycles. The third kappa shape index (κ3) is 7.93. The van der Waals surface area contributed by atoms with Crippen molar-refractivity contribution in [2.75, 3.05) is 6.54 Å². The van der Waals surface area contributed by atoms with Crippen LogP contribution in [-0.4, -0.2) is 52.6 Å². The topological polar surface area (TPSA) is 159 Å². The zero-order valence-corrected chi connectivity index (χ0v) is 13.5. The van der Waals surface area contributed by atoms with Crippen LogP contribution in [0.1, 0.15) is 18.4 Å². The summed E-state index contributed by atoms with van der Waals surface area (Å²) in [7, 11) is 0. The number of benzene rings is 1. The van der Waals surface area contributed by atoms with E-state index in [0.29, 0.717) is 0 Å². The average Bonchev–Trinajstić information content (AvgIpc) is 2.56. The molecule has 0 fully saturated rings. The highest BCUT2D eigenvalue weighted by atomic mass is 16.4. The van der Waals surface area contributed by atoms with Crippen LogP contribution in [0.5, 0.6) is 0 Å². The van der Waals surface area contributed by atoms with E-state index in [9.17, 15) is 19.2 Å². The molecule has 25 heavy (non-hydrogen) atoms. The minimum absolute atomic E-state index is 0.176. The van der Waals surface area contributed by atoms with Crippen molar-refractivity contribution < 1.29 is 29.4 Å². The van der Waals surface area contributed by atoms with E-state index in [1.54, 1.807) is 24.3 Å². The summed E-state index contributed by atoms with van der Waals surface area (Å²) in [6.07, 6.45) is -0.293. The first-order valence-electron chi connectivity index (χ1n) is 7.60. The lowest BCUT2D eigenvalue weighted by molar-refractivity contribution is -0.140. The van der Waals surface area contributed by atoms with E-state index >= 15 is 0 Å². The summed E-state index contributed by atoms with van der Waals surface area (Å²) in [5, 5.41) is 21.8. The van der Waals surface area contributed by atoms with Crippen molar-refractivity contribution in [1.82, 2.24) is 10.6 Å². The van der Waals surface area contributed by atoms with Gasteiger partial charge >= 0.3 is 11.9 Å². The van der Waals surface area contributed by atoms with E-state index in [-0.39, 0.29) is 19.3 Å². The minimum Gasteiger partial charge on any atom is -0.481 e. The van der Waals surface area contributed by atoms with E-state index < -0.39 is 42.4 Å². The second kappa shape index (κ2) is 10.0. The summed E-state index contributed by atoms with van der Waals surface area (Å²) < 4.78 is 0. The lowest BCUT2D eigenvalue weighted by atomic mass is 10.0. The summed E-state index contributed by atoms with van der Waals surface area (Å²) in [4.78, 5) is 45.3.